The number of fused-ring (bicyclic) bond motifs is 1. The van der Waals surface area contributed by atoms with Gasteiger partial charge in [-0.15, -0.1) is 0 Å². The third-order valence-corrected chi connectivity index (χ3v) is 3.79. The molecule has 0 spiro atoms. The van der Waals surface area contributed by atoms with Crippen LogP contribution in [0.4, 0.5) is 5.69 Å². The van der Waals surface area contributed by atoms with E-state index in [0.717, 1.165) is 22.0 Å². The highest BCUT2D eigenvalue weighted by Gasteiger charge is 2.12. The molecule has 0 bridgehead atoms. The zero-order valence-electron chi connectivity index (χ0n) is 12.6. The van der Waals surface area contributed by atoms with Crippen molar-refractivity contribution >= 4 is 39.0 Å². The zero-order chi connectivity index (χ0) is 16.2. The van der Waals surface area contributed by atoms with E-state index in [0.29, 0.717) is 5.56 Å². The van der Waals surface area contributed by atoms with Gasteiger partial charge in [0.25, 0.3) is 0 Å². The molecule has 0 saturated carbocycles. The van der Waals surface area contributed by atoms with Gasteiger partial charge in [-0.1, -0.05) is 65.7 Å². The van der Waals surface area contributed by atoms with Crippen LogP contribution in [0.15, 0.2) is 71.8 Å². The van der Waals surface area contributed by atoms with Crippen LogP contribution in [0.25, 0.3) is 10.8 Å². The van der Waals surface area contributed by atoms with E-state index in [4.69, 9.17) is 11.6 Å². The van der Waals surface area contributed by atoms with Gasteiger partial charge in [0, 0.05) is 5.56 Å². The molecule has 4 heteroatoms. The van der Waals surface area contributed by atoms with Crippen molar-refractivity contribution in [3.8, 4) is 0 Å². The topological polar surface area (TPSA) is 41.5 Å². The second-order valence-electron chi connectivity index (χ2n) is 5.27. The zero-order valence-corrected chi connectivity index (χ0v) is 13.3. The standard InChI is InChI=1S/C19H15ClN2O/c1-13-6-10-17(11-7-13)21-22-19(20)18(23)16-9-8-14-4-2-3-5-15(14)12-16/h2-12,21H,1H3/b22-19-. The fourth-order valence-electron chi connectivity index (χ4n) is 2.24. The highest BCUT2D eigenvalue weighted by Crippen LogP contribution is 2.17. The number of aryl methyl sites for hydroxylation is 1. The van der Waals surface area contributed by atoms with Crippen molar-refractivity contribution in [1.82, 2.24) is 0 Å². The van der Waals surface area contributed by atoms with Crippen molar-refractivity contribution in [2.75, 3.05) is 5.43 Å². The molecule has 0 fully saturated rings. The van der Waals surface area contributed by atoms with E-state index in [1.165, 1.54) is 0 Å². The molecule has 1 N–H and O–H groups in total. The Bertz CT molecular complexity index is 885. The fourth-order valence-corrected chi connectivity index (χ4v) is 2.39. The lowest BCUT2D eigenvalue weighted by Crippen LogP contribution is -2.10. The minimum atomic E-state index is -0.308. The van der Waals surface area contributed by atoms with E-state index in [1.54, 1.807) is 6.07 Å². The summed E-state index contributed by atoms with van der Waals surface area (Å²) in [6.07, 6.45) is 0. The van der Waals surface area contributed by atoms with Gasteiger partial charge in [0.1, 0.15) is 0 Å². The number of ketones is 1. The van der Waals surface area contributed by atoms with Crippen molar-refractivity contribution in [2.45, 2.75) is 6.92 Å². The molecule has 0 heterocycles. The molecular formula is C19H15ClN2O. The maximum Gasteiger partial charge on any atom is 0.224 e. The van der Waals surface area contributed by atoms with Crippen molar-refractivity contribution in [3.63, 3.8) is 0 Å². The van der Waals surface area contributed by atoms with Crippen LogP contribution in [0, 0.1) is 6.92 Å². The summed E-state index contributed by atoms with van der Waals surface area (Å²) in [4.78, 5) is 12.4. The normalized spacial score (nSPS) is 11.5. The number of benzene rings is 3. The van der Waals surface area contributed by atoms with Crippen LogP contribution in [0.1, 0.15) is 15.9 Å². The number of carbonyl (C=O) groups excluding carboxylic acids is 1. The molecule has 3 aromatic carbocycles. The van der Waals surface area contributed by atoms with E-state index in [9.17, 15) is 4.79 Å². The Labute approximate surface area is 139 Å². The predicted octanol–water partition coefficient (Wildman–Crippen LogP) is 5.00. The number of nitrogens with one attached hydrogen (secondary N) is 1. The first-order valence-corrected chi connectivity index (χ1v) is 7.61. The van der Waals surface area contributed by atoms with Gasteiger partial charge in [-0.3, -0.25) is 10.2 Å². The van der Waals surface area contributed by atoms with Gasteiger partial charge in [0.15, 0.2) is 5.17 Å². The molecule has 0 aliphatic carbocycles. The molecule has 0 aliphatic heterocycles. The summed E-state index contributed by atoms with van der Waals surface area (Å²) in [5.74, 6) is -0.308. The first-order valence-electron chi connectivity index (χ1n) is 7.23. The Morgan fingerprint density at radius 2 is 1.65 bits per heavy atom. The van der Waals surface area contributed by atoms with Crippen molar-refractivity contribution in [2.24, 2.45) is 5.10 Å². The van der Waals surface area contributed by atoms with Crippen molar-refractivity contribution < 1.29 is 4.79 Å². The lowest BCUT2D eigenvalue weighted by Gasteiger charge is -2.04. The molecule has 0 aliphatic rings. The third kappa shape index (κ3) is 3.58. The van der Waals surface area contributed by atoms with E-state index in [2.05, 4.69) is 10.5 Å². The summed E-state index contributed by atoms with van der Waals surface area (Å²) >= 11 is 6.04. The Morgan fingerprint density at radius 3 is 2.39 bits per heavy atom. The molecule has 0 radical (unpaired) electrons. The van der Waals surface area contributed by atoms with Gasteiger partial charge in [-0.05, 0) is 35.9 Å². The Hall–Kier alpha value is -2.65. The second-order valence-corrected chi connectivity index (χ2v) is 5.63. The van der Waals surface area contributed by atoms with E-state index in [-0.39, 0.29) is 11.0 Å². The number of carbonyl (C=O) groups is 1. The highest BCUT2D eigenvalue weighted by molar-refractivity contribution is 6.85. The first kappa shape index (κ1) is 15.3. The SMILES string of the molecule is Cc1ccc(N/N=C(\Cl)C(=O)c2ccc3ccccc3c2)cc1. The number of hydrogen-bond donors (Lipinski definition) is 1. The van der Waals surface area contributed by atoms with Gasteiger partial charge in [-0.25, -0.2) is 0 Å². The number of Topliss-reactive ketones (excluding diaryl/α,β-unsaturated/α-hetero) is 1. The van der Waals surface area contributed by atoms with Gasteiger partial charge in [-0.2, -0.15) is 5.10 Å². The van der Waals surface area contributed by atoms with Crippen LogP contribution in [0.5, 0.6) is 0 Å². The molecule has 0 amide bonds. The van der Waals surface area contributed by atoms with Crippen LogP contribution >= 0.6 is 11.6 Å². The Kier molecular flexibility index (Phi) is 4.40. The van der Waals surface area contributed by atoms with Crippen LogP contribution in [-0.2, 0) is 0 Å². The van der Waals surface area contributed by atoms with E-state index < -0.39 is 0 Å². The van der Waals surface area contributed by atoms with E-state index in [1.807, 2.05) is 67.6 Å². The molecule has 3 rings (SSSR count). The van der Waals surface area contributed by atoms with Crippen LogP contribution < -0.4 is 5.43 Å². The molecular weight excluding hydrogens is 308 g/mol. The Morgan fingerprint density at radius 1 is 0.957 bits per heavy atom. The lowest BCUT2D eigenvalue weighted by molar-refractivity contribution is 0.106. The lowest BCUT2D eigenvalue weighted by atomic mass is 10.0. The summed E-state index contributed by atoms with van der Waals surface area (Å²) in [5, 5.41) is 5.94. The molecule has 0 aromatic heterocycles. The fraction of sp³-hybridized carbons (Fsp3) is 0.0526. The average molecular weight is 323 g/mol. The number of anilines is 1. The minimum Gasteiger partial charge on any atom is -0.286 e. The van der Waals surface area contributed by atoms with Crippen molar-refractivity contribution in [3.05, 3.63) is 77.9 Å². The minimum absolute atomic E-state index is 0.0964. The maximum absolute atomic E-state index is 12.4. The second kappa shape index (κ2) is 6.63. The van der Waals surface area contributed by atoms with Crippen molar-refractivity contribution in [1.29, 1.82) is 0 Å². The third-order valence-electron chi connectivity index (χ3n) is 3.53. The molecule has 0 saturated heterocycles. The number of halogens is 1. The molecule has 3 nitrogen and oxygen atoms in total. The summed E-state index contributed by atoms with van der Waals surface area (Å²) in [5.41, 5.74) is 5.24. The molecule has 0 unspecified atom stereocenters. The molecule has 0 atom stereocenters. The number of hydrazone groups is 1. The van der Waals surface area contributed by atoms with Crippen LogP contribution in [0.2, 0.25) is 0 Å². The molecule has 3 aromatic rings. The summed E-state index contributed by atoms with van der Waals surface area (Å²) < 4.78 is 0. The van der Waals surface area contributed by atoms with Gasteiger partial charge >= 0.3 is 0 Å². The largest absolute Gasteiger partial charge is 0.286 e. The van der Waals surface area contributed by atoms with Gasteiger partial charge in [0.2, 0.25) is 5.78 Å². The summed E-state index contributed by atoms with van der Waals surface area (Å²) in [7, 11) is 0. The van der Waals surface area contributed by atoms with Gasteiger partial charge in [0.05, 0.1) is 5.69 Å². The first-order chi connectivity index (χ1) is 11.1. The molecule has 114 valence electrons. The number of rotatable bonds is 4. The monoisotopic (exact) mass is 322 g/mol. The summed E-state index contributed by atoms with van der Waals surface area (Å²) in [6.45, 7) is 2.00. The maximum atomic E-state index is 12.4. The smallest absolute Gasteiger partial charge is 0.224 e. The number of hydrogen-bond acceptors (Lipinski definition) is 3. The van der Waals surface area contributed by atoms with Gasteiger partial charge < -0.3 is 0 Å². The average Bonchev–Trinajstić information content (AvgIpc) is 2.60. The van der Waals surface area contributed by atoms with Crippen LogP contribution in [-0.4, -0.2) is 11.0 Å². The Balaban J connectivity index is 1.79. The predicted molar refractivity (Wildman–Crippen MR) is 96.4 cm³/mol. The molecule has 23 heavy (non-hydrogen) atoms. The highest BCUT2D eigenvalue weighted by atomic mass is 35.5. The number of nitrogens with zero attached hydrogens (tertiary/aromatic N) is 1. The quantitative estimate of drug-likeness (QED) is 0.417. The van der Waals surface area contributed by atoms with Crippen LogP contribution in [0.3, 0.4) is 0 Å². The summed E-state index contributed by atoms with van der Waals surface area (Å²) in [6, 6.07) is 21.0. The van der Waals surface area contributed by atoms with E-state index >= 15 is 0 Å².